The van der Waals surface area contributed by atoms with Crippen LogP contribution in [0.5, 0.6) is 0 Å². The minimum Gasteiger partial charge on any atom is -0.361 e. The van der Waals surface area contributed by atoms with Gasteiger partial charge in [-0.2, -0.15) is 0 Å². The maximum absolute atomic E-state index is 14.2. The Morgan fingerprint density at radius 2 is 1.84 bits per heavy atom. The number of aromatic nitrogens is 2. The van der Waals surface area contributed by atoms with Crippen LogP contribution >= 0.6 is 11.6 Å². The molecule has 0 aliphatic heterocycles. The minimum absolute atomic E-state index is 0.227. The highest BCUT2D eigenvalue weighted by Gasteiger charge is 2.39. The van der Waals surface area contributed by atoms with E-state index in [2.05, 4.69) is 20.6 Å². The van der Waals surface area contributed by atoms with E-state index < -0.39 is 5.54 Å². The number of para-hydroxylation sites is 1. The molecule has 6 nitrogen and oxygen atoms in total. The summed E-state index contributed by atoms with van der Waals surface area (Å²) in [5, 5.41) is 7.87. The normalized spacial score (nSPS) is 16.5. The van der Waals surface area contributed by atoms with Gasteiger partial charge in [-0.05, 0) is 67.6 Å². The number of nitrogens with one attached hydrogen (secondary N) is 3. The lowest BCUT2D eigenvalue weighted by Crippen LogP contribution is -2.59. The zero-order chi connectivity index (χ0) is 26.5. The second kappa shape index (κ2) is 11.4. The summed E-state index contributed by atoms with van der Waals surface area (Å²) in [6.07, 6.45) is 9.57. The number of carbonyl (C=O) groups is 2. The molecule has 1 fully saturated rings. The molecule has 2 aromatic carbocycles. The second-order valence-electron chi connectivity index (χ2n) is 10.4. The van der Waals surface area contributed by atoms with Gasteiger partial charge in [-0.3, -0.25) is 14.6 Å². The van der Waals surface area contributed by atoms with Crippen LogP contribution in [0.15, 0.2) is 79.1 Å². The molecule has 3 N–H and O–H groups in total. The molecule has 0 radical (unpaired) electrons. The lowest BCUT2D eigenvalue weighted by Gasteiger charge is -2.35. The van der Waals surface area contributed by atoms with Crippen molar-refractivity contribution in [3.05, 3.63) is 101 Å². The van der Waals surface area contributed by atoms with E-state index in [0.29, 0.717) is 22.9 Å². The lowest BCUT2D eigenvalue weighted by atomic mass is 9.81. The number of pyridine rings is 1. The molecule has 2 heterocycles. The van der Waals surface area contributed by atoms with Crippen molar-refractivity contribution in [2.45, 2.75) is 57.0 Å². The fourth-order valence-electron chi connectivity index (χ4n) is 5.55. The van der Waals surface area contributed by atoms with Crippen LogP contribution in [-0.4, -0.2) is 27.3 Å². The lowest BCUT2D eigenvalue weighted by molar-refractivity contribution is -0.128. The highest BCUT2D eigenvalue weighted by molar-refractivity contribution is 6.31. The first-order valence-electron chi connectivity index (χ1n) is 13.3. The van der Waals surface area contributed by atoms with Crippen molar-refractivity contribution < 1.29 is 9.59 Å². The highest BCUT2D eigenvalue weighted by atomic mass is 35.5. The summed E-state index contributed by atoms with van der Waals surface area (Å²) in [5.41, 5.74) is 1.97. The number of amides is 2. The van der Waals surface area contributed by atoms with Gasteiger partial charge < -0.3 is 15.6 Å². The molecule has 1 aliphatic carbocycles. The number of aromatic amines is 1. The predicted molar refractivity (Wildman–Crippen MR) is 151 cm³/mol. The number of benzene rings is 2. The summed E-state index contributed by atoms with van der Waals surface area (Å²) in [5.74, 6) is -0.292. The Balaban J connectivity index is 1.48. The third-order valence-electron chi connectivity index (χ3n) is 7.61. The van der Waals surface area contributed by atoms with Crippen LogP contribution in [0.3, 0.4) is 0 Å². The van der Waals surface area contributed by atoms with Crippen LogP contribution in [0.4, 0.5) is 0 Å². The van der Waals surface area contributed by atoms with Crippen LogP contribution in [-0.2, 0) is 11.2 Å². The molecule has 38 heavy (non-hydrogen) atoms. The number of rotatable bonds is 8. The van der Waals surface area contributed by atoms with E-state index in [4.69, 9.17) is 11.6 Å². The highest BCUT2D eigenvalue weighted by Crippen LogP contribution is 2.34. The fourth-order valence-corrected chi connectivity index (χ4v) is 5.74. The molecule has 0 saturated heterocycles. The van der Waals surface area contributed by atoms with Gasteiger partial charge in [0.05, 0.1) is 11.7 Å². The quantitative estimate of drug-likeness (QED) is 0.248. The molecule has 2 aromatic heterocycles. The molecule has 0 bridgehead atoms. The van der Waals surface area contributed by atoms with Crippen LogP contribution in [0.1, 0.15) is 66.7 Å². The van der Waals surface area contributed by atoms with E-state index in [9.17, 15) is 9.59 Å². The molecule has 4 aromatic rings. The van der Waals surface area contributed by atoms with Gasteiger partial charge in [0, 0.05) is 40.3 Å². The van der Waals surface area contributed by atoms with Gasteiger partial charge in [0.1, 0.15) is 5.54 Å². The van der Waals surface area contributed by atoms with Crippen LogP contribution in [0, 0.1) is 5.92 Å². The Bertz CT molecular complexity index is 1410. The number of carbonyl (C=O) groups excluding carboxylic acids is 2. The molecule has 7 heteroatoms. The van der Waals surface area contributed by atoms with Gasteiger partial charge >= 0.3 is 0 Å². The molecular formula is C31H33ClN4O2. The van der Waals surface area contributed by atoms with E-state index in [0.717, 1.165) is 47.8 Å². The van der Waals surface area contributed by atoms with Gasteiger partial charge in [0.25, 0.3) is 5.91 Å². The van der Waals surface area contributed by atoms with Gasteiger partial charge in [0.2, 0.25) is 5.91 Å². The summed E-state index contributed by atoms with van der Waals surface area (Å²) in [6.45, 7) is 1.79. The zero-order valence-electron chi connectivity index (χ0n) is 21.5. The van der Waals surface area contributed by atoms with Gasteiger partial charge in [0.15, 0.2) is 0 Å². The van der Waals surface area contributed by atoms with Crippen molar-refractivity contribution in [1.82, 2.24) is 20.6 Å². The van der Waals surface area contributed by atoms with Crippen LogP contribution in [0.25, 0.3) is 10.9 Å². The van der Waals surface area contributed by atoms with Crippen molar-refractivity contribution in [2.24, 2.45) is 5.92 Å². The summed E-state index contributed by atoms with van der Waals surface area (Å²) in [7, 11) is 0. The average molecular weight is 529 g/mol. The Morgan fingerprint density at radius 3 is 2.61 bits per heavy atom. The van der Waals surface area contributed by atoms with E-state index >= 15 is 0 Å². The Hall–Kier alpha value is -3.64. The summed E-state index contributed by atoms with van der Waals surface area (Å²) in [6, 6.07) is 20.3. The molecule has 1 aliphatic rings. The third-order valence-corrected chi connectivity index (χ3v) is 7.85. The largest absolute Gasteiger partial charge is 0.361 e. The monoisotopic (exact) mass is 528 g/mol. The molecule has 5 rings (SSSR count). The third kappa shape index (κ3) is 5.76. The van der Waals surface area contributed by atoms with E-state index in [1.807, 2.05) is 48.7 Å². The molecular weight excluding hydrogens is 496 g/mol. The smallest absolute Gasteiger partial charge is 0.252 e. The molecule has 0 spiro atoms. The maximum atomic E-state index is 14.2. The Labute approximate surface area is 228 Å². The van der Waals surface area contributed by atoms with Crippen molar-refractivity contribution in [3.8, 4) is 0 Å². The van der Waals surface area contributed by atoms with Crippen molar-refractivity contribution in [2.75, 3.05) is 0 Å². The number of hydrogen-bond donors (Lipinski definition) is 3. The van der Waals surface area contributed by atoms with Crippen molar-refractivity contribution >= 4 is 34.3 Å². The molecule has 1 saturated carbocycles. The van der Waals surface area contributed by atoms with Gasteiger partial charge in [-0.1, -0.05) is 61.2 Å². The number of fused-ring (bicyclic) bond motifs is 1. The topological polar surface area (TPSA) is 86.9 Å². The Morgan fingerprint density at radius 1 is 1.05 bits per heavy atom. The standard InChI is InChI=1S/C31H33ClN4O2/c1-31(36-29(37)22-12-9-13-24(32)18-22,19-23-20-34-26-15-6-5-14-25(23)26)30(38)35-28(21-10-3-2-4-11-21)27-16-7-8-17-33-27/h5-9,12-18,20-21,28,34H,2-4,10-11,19H2,1H3,(H,35,38)(H,36,37)/t28?,31-/m0/s1. The number of halogens is 1. The van der Waals surface area contributed by atoms with Crippen LogP contribution < -0.4 is 10.6 Å². The summed E-state index contributed by atoms with van der Waals surface area (Å²) < 4.78 is 0. The number of H-pyrrole nitrogens is 1. The maximum Gasteiger partial charge on any atom is 0.252 e. The molecule has 2 amide bonds. The number of nitrogens with zero attached hydrogens (tertiary/aromatic N) is 1. The zero-order valence-corrected chi connectivity index (χ0v) is 22.3. The van der Waals surface area contributed by atoms with Crippen molar-refractivity contribution in [3.63, 3.8) is 0 Å². The molecule has 196 valence electrons. The Kier molecular flexibility index (Phi) is 7.79. The SMILES string of the molecule is C[C@@](Cc1c[nH]c2ccccc12)(NC(=O)c1cccc(Cl)c1)C(=O)NC(c1ccccn1)C1CCCCC1. The van der Waals surface area contributed by atoms with E-state index in [1.54, 1.807) is 37.4 Å². The fraction of sp³-hybridized carbons (Fsp3) is 0.323. The minimum atomic E-state index is -1.23. The van der Waals surface area contributed by atoms with Crippen LogP contribution in [0.2, 0.25) is 5.02 Å². The first-order valence-corrected chi connectivity index (χ1v) is 13.7. The predicted octanol–water partition coefficient (Wildman–Crippen LogP) is 6.39. The first kappa shape index (κ1) is 26.0. The molecule has 1 unspecified atom stereocenters. The van der Waals surface area contributed by atoms with Gasteiger partial charge in [-0.15, -0.1) is 0 Å². The molecule has 2 atom stereocenters. The average Bonchev–Trinajstić information content (AvgIpc) is 3.34. The number of hydrogen-bond acceptors (Lipinski definition) is 3. The summed E-state index contributed by atoms with van der Waals surface area (Å²) in [4.78, 5) is 35.5. The van der Waals surface area contributed by atoms with Gasteiger partial charge in [-0.25, -0.2) is 0 Å². The van der Waals surface area contributed by atoms with E-state index in [1.165, 1.54) is 6.42 Å². The van der Waals surface area contributed by atoms with E-state index in [-0.39, 0.29) is 17.9 Å². The van der Waals surface area contributed by atoms with Crippen molar-refractivity contribution in [1.29, 1.82) is 0 Å². The summed E-state index contributed by atoms with van der Waals surface area (Å²) >= 11 is 6.16. The first-order chi connectivity index (χ1) is 18.4. The second-order valence-corrected chi connectivity index (χ2v) is 10.9.